The van der Waals surface area contributed by atoms with Crippen LogP contribution in [0.5, 0.6) is 0 Å². The zero-order valence-corrected chi connectivity index (χ0v) is 16.7. The third-order valence-corrected chi connectivity index (χ3v) is 4.61. The van der Waals surface area contributed by atoms with Crippen molar-refractivity contribution in [2.45, 2.75) is 13.5 Å². The van der Waals surface area contributed by atoms with E-state index in [1.54, 1.807) is 48.5 Å². The minimum atomic E-state index is -0.611. The van der Waals surface area contributed by atoms with Crippen molar-refractivity contribution in [3.8, 4) is 11.4 Å². The largest absolute Gasteiger partial charge is 0.452 e. The summed E-state index contributed by atoms with van der Waals surface area (Å²) >= 11 is 0. The van der Waals surface area contributed by atoms with Gasteiger partial charge in [-0.05, 0) is 36.8 Å². The smallest absolute Gasteiger partial charge is 0.340 e. The summed E-state index contributed by atoms with van der Waals surface area (Å²) in [6.07, 6.45) is 0. The van der Waals surface area contributed by atoms with Gasteiger partial charge in [-0.3, -0.25) is 4.79 Å². The highest BCUT2D eigenvalue weighted by molar-refractivity contribution is 6.07. The van der Waals surface area contributed by atoms with Gasteiger partial charge in [-0.25, -0.2) is 4.79 Å². The molecule has 0 saturated heterocycles. The van der Waals surface area contributed by atoms with Crippen molar-refractivity contribution in [2.75, 3.05) is 5.32 Å². The highest BCUT2D eigenvalue weighted by atomic mass is 16.6. The molecule has 0 bridgehead atoms. The number of ether oxygens (including phenoxy) is 1. The number of carbonyl (C=O) groups is 2. The standard InChI is InChI=1S/C24H19N3O4/c1-16-9-5-6-12-18(16)22-26-21(31-27-22)15-30-24(29)19-13-7-8-14-20(19)25-23(28)17-10-3-2-4-11-17/h2-14H,15H2,1H3,(H,25,28). The Bertz CT molecular complexity index is 1220. The molecule has 4 rings (SSSR count). The zero-order valence-electron chi connectivity index (χ0n) is 16.7. The van der Waals surface area contributed by atoms with Crippen molar-refractivity contribution in [1.29, 1.82) is 0 Å². The Balaban J connectivity index is 1.44. The summed E-state index contributed by atoms with van der Waals surface area (Å²) in [5, 5.41) is 6.70. The molecule has 1 heterocycles. The van der Waals surface area contributed by atoms with E-state index in [2.05, 4.69) is 15.5 Å². The molecular formula is C24H19N3O4. The van der Waals surface area contributed by atoms with Gasteiger partial charge < -0.3 is 14.6 Å². The summed E-state index contributed by atoms with van der Waals surface area (Å²) in [6.45, 7) is 1.77. The number of esters is 1. The monoisotopic (exact) mass is 413 g/mol. The summed E-state index contributed by atoms with van der Waals surface area (Å²) in [4.78, 5) is 29.4. The molecule has 0 aliphatic heterocycles. The van der Waals surface area contributed by atoms with Crippen LogP contribution >= 0.6 is 0 Å². The second-order valence-electron chi connectivity index (χ2n) is 6.77. The van der Waals surface area contributed by atoms with Gasteiger partial charge in [-0.2, -0.15) is 4.98 Å². The van der Waals surface area contributed by atoms with Crippen molar-refractivity contribution in [3.05, 3.63) is 101 Å². The summed E-state index contributed by atoms with van der Waals surface area (Å²) < 4.78 is 10.5. The van der Waals surface area contributed by atoms with Crippen molar-refractivity contribution in [3.63, 3.8) is 0 Å². The molecule has 0 atom stereocenters. The van der Waals surface area contributed by atoms with Gasteiger partial charge in [0, 0.05) is 11.1 Å². The fourth-order valence-electron chi connectivity index (χ4n) is 3.01. The second-order valence-corrected chi connectivity index (χ2v) is 6.77. The zero-order chi connectivity index (χ0) is 21.6. The summed E-state index contributed by atoms with van der Waals surface area (Å²) in [5.41, 5.74) is 2.92. The molecule has 154 valence electrons. The first-order chi connectivity index (χ1) is 15.1. The fraction of sp³-hybridized carbons (Fsp3) is 0.0833. The number of aromatic nitrogens is 2. The molecule has 3 aromatic carbocycles. The van der Waals surface area contributed by atoms with E-state index in [4.69, 9.17) is 9.26 Å². The van der Waals surface area contributed by atoms with Crippen LogP contribution in [0.25, 0.3) is 11.4 Å². The van der Waals surface area contributed by atoms with Crippen LogP contribution in [0.1, 0.15) is 32.2 Å². The van der Waals surface area contributed by atoms with Gasteiger partial charge >= 0.3 is 5.97 Å². The van der Waals surface area contributed by atoms with Crippen molar-refractivity contribution >= 4 is 17.6 Å². The minimum absolute atomic E-state index is 0.178. The van der Waals surface area contributed by atoms with E-state index in [0.717, 1.165) is 11.1 Å². The summed E-state index contributed by atoms with van der Waals surface area (Å²) in [7, 11) is 0. The molecule has 0 radical (unpaired) electrons. The van der Waals surface area contributed by atoms with E-state index >= 15 is 0 Å². The van der Waals surface area contributed by atoms with Gasteiger partial charge in [0.15, 0.2) is 6.61 Å². The molecule has 0 aliphatic carbocycles. The van der Waals surface area contributed by atoms with E-state index in [1.807, 2.05) is 37.3 Å². The number of hydrogen-bond donors (Lipinski definition) is 1. The lowest BCUT2D eigenvalue weighted by Gasteiger charge is -2.10. The van der Waals surface area contributed by atoms with Crippen molar-refractivity contribution in [2.24, 2.45) is 0 Å². The molecule has 0 aliphatic rings. The molecule has 1 aromatic heterocycles. The molecule has 0 saturated carbocycles. The SMILES string of the molecule is Cc1ccccc1-c1noc(COC(=O)c2ccccc2NC(=O)c2ccccc2)n1. The number of nitrogens with one attached hydrogen (secondary N) is 1. The number of nitrogens with zero attached hydrogens (tertiary/aromatic N) is 2. The van der Waals surface area contributed by atoms with Crippen LogP contribution in [0.2, 0.25) is 0 Å². The van der Waals surface area contributed by atoms with Crippen LogP contribution in [0.15, 0.2) is 83.4 Å². The Labute approximate surface area is 178 Å². The lowest BCUT2D eigenvalue weighted by atomic mass is 10.1. The number of rotatable bonds is 6. The average Bonchev–Trinajstić information content (AvgIpc) is 3.27. The third kappa shape index (κ3) is 4.67. The number of para-hydroxylation sites is 1. The highest BCUT2D eigenvalue weighted by Gasteiger charge is 2.17. The normalized spacial score (nSPS) is 10.5. The summed E-state index contributed by atoms with van der Waals surface area (Å²) in [6, 6.07) is 23.0. The third-order valence-electron chi connectivity index (χ3n) is 4.61. The first-order valence-electron chi connectivity index (χ1n) is 9.63. The molecular weight excluding hydrogens is 394 g/mol. The van der Waals surface area contributed by atoms with Crippen molar-refractivity contribution < 1.29 is 18.8 Å². The molecule has 4 aromatic rings. The maximum Gasteiger partial charge on any atom is 0.340 e. The van der Waals surface area contributed by atoms with Crippen molar-refractivity contribution in [1.82, 2.24) is 10.1 Å². The Morgan fingerprint density at radius 2 is 1.65 bits per heavy atom. The van der Waals surface area contributed by atoms with Gasteiger partial charge in [-0.15, -0.1) is 0 Å². The van der Waals surface area contributed by atoms with Gasteiger partial charge in [0.25, 0.3) is 11.8 Å². The molecule has 0 spiro atoms. The van der Waals surface area contributed by atoms with E-state index in [0.29, 0.717) is 17.1 Å². The Morgan fingerprint density at radius 3 is 2.45 bits per heavy atom. The molecule has 31 heavy (non-hydrogen) atoms. The van der Waals surface area contributed by atoms with E-state index in [9.17, 15) is 9.59 Å². The predicted octanol–water partition coefficient (Wildman–Crippen LogP) is 4.65. The van der Waals surface area contributed by atoms with Crippen LogP contribution in [0, 0.1) is 6.92 Å². The first-order valence-corrected chi connectivity index (χ1v) is 9.63. The van der Waals surface area contributed by atoms with Crippen LogP contribution in [-0.4, -0.2) is 22.0 Å². The molecule has 1 amide bonds. The van der Waals surface area contributed by atoms with E-state index in [1.165, 1.54) is 0 Å². The minimum Gasteiger partial charge on any atom is -0.452 e. The van der Waals surface area contributed by atoms with E-state index < -0.39 is 5.97 Å². The number of carbonyl (C=O) groups excluding carboxylic acids is 2. The molecule has 7 heteroatoms. The van der Waals surface area contributed by atoms with Gasteiger partial charge in [0.05, 0.1) is 11.3 Å². The Morgan fingerprint density at radius 1 is 0.935 bits per heavy atom. The van der Waals surface area contributed by atoms with Crippen LogP contribution in [0.3, 0.4) is 0 Å². The van der Waals surface area contributed by atoms with Gasteiger partial charge in [0.1, 0.15) is 0 Å². The van der Waals surface area contributed by atoms with Crippen LogP contribution in [-0.2, 0) is 11.3 Å². The molecule has 0 unspecified atom stereocenters. The molecule has 7 nitrogen and oxygen atoms in total. The number of hydrogen-bond acceptors (Lipinski definition) is 6. The highest BCUT2D eigenvalue weighted by Crippen LogP contribution is 2.21. The van der Waals surface area contributed by atoms with Gasteiger partial charge in [0.2, 0.25) is 5.82 Å². The molecule has 1 N–H and O–H groups in total. The number of anilines is 1. The Hall–Kier alpha value is -4.26. The van der Waals surface area contributed by atoms with Crippen LogP contribution < -0.4 is 5.32 Å². The quantitative estimate of drug-likeness (QED) is 0.462. The van der Waals surface area contributed by atoms with Gasteiger partial charge in [-0.1, -0.05) is 59.8 Å². The first kappa shape index (κ1) is 20.0. The molecule has 0 fully saturated rings. The maximum absolute atomic E-state index is 12.6. The topological polar surface area (TPSA) is 94.3 Å². The number of amides is 1. The second kappa shape index (κ2) is 9.04. The maximum atomic E-state index is 12.6. The fourth-order valence-corrected chi connectivity index (χ4v) is 3.01. The lowest BCUT2D eigenvalue weighted by Crippen LogP contribution is -2.15. The van der Waals surface area contributed by atoms with Crippen LogP contribution in [0.4, 0.5) is 5.69 Å². The van der Waals surface area contributed by atoms with E-state index in [-0.39, 0.29) is 24.0 Å². The average molecular weight is 413 g/mol. The number of aryl methyl sites for hydroxylation is 1. The number of benzene rings is 3. The Kier molecular flexibility index (Phi) is 5.84. The predicted molar refractivity (Wildman–Crippen MR) is 114 cm³/mol. The lowest BCUT2D eigenvalue weighted by molar-refractivity contribution is 0.0431. The summed E-state index contributed by atoms with van der Waals surface area (Å²) in [5.74, 6) is -0.322.